The topological polar surface area (TPSA) is 34.9 Å². The van der Waals surface area contributed by atoms with Crippen LogP contribution in [0.4, 0.5) is 8.78 Å². The molecule has 0 saturated heterocycles. The molecule has 3 nitrogen and oxygen atoms in total. The van der Waals surface area contributed by atoms with Crippen molar-refractivity contribution in [2.24, 2.45) is 5.92 Å². The largest absolute Gasteiger partial charge is 0.287 e. The van der Waals surface area contributed by atoms with Gasteiger partial charge in [0.2, 0.25) is 0 Å². The van der Waals surface area contributed by atoms with Crippen LogP contribution in [0.5, 0.6) is 0 Å². The smallest absolute Gasteiger partial charge is 0.262 e. The van der Waals surface area contributed by atoms with Crippen molar-refractivity contribution < 1.29 is 8.78 Å². The van der Waals surface area contributed by atoms with Gasteiger partial charge in [0, 0.05) is 18.4 Å². The maximum atomic E-state index is 13.4. The number of para-hydroxylation sites is 1. The highest BCUT2D eigenvalue weighted by Gasteiger charge is 2.13. The Morgan fingerprint density at radius 3 is 2.48 bits per heavy atom. The lowest BCUT2D eigenvalue weighted by Crippen LogP contribution is -2.25. The highest BCUT2D eigenvalue weighted by Crippen LogP contribution is 2.23. The van der Waals surface area contributed by atoms with Gasteiger partial charge in [0.25, 0.3) is 5.56 Å². The number of hydrogen-bond acceptors (Lipinski definition) is 3. The Bertz CT molecular complexity index is 949. The van der Waals surface area contributed by atoms with Crippen LogP contribution in [0.25, 0.3) is 10.9 Å². The summed E-state index contributed by atoms with van der Waals surface area (Å²) in [5.41, 5.74) is 1.05. The summed E-state index contributed by atoms with van der Waals surface area (Å²) in [5.74, 6) is -0.618. The number of benzene rings is 2. The van der Waals surface area contributed by atoms with E-state index in [1.54, 1.807) is 16.7 Å². The van der Waals surface area contributed by atoms with Crippen molar-refractivity contribution in [2.45, 2.75) is 31.3 Å². The zero-order valence-electron chi connectivity index (χ0n) is 14.0. The lowest BCUT2D eigenvalue weighted by Gasteiger charge is -2.15. The number of rotatable bonds is 5. The van der Waals surface area contributed by atoms with Crippen LogP contribution >= 0.6 is 11.8 Å². The van der Waals surface area contributed by atoms with Crippen LogP contribution in [0.2, 0.25) is 0 Å². The molecule has 0 atom stereocenters. The zero-order valence-corrected chi connectivity index (χ0v) is 14.8. The Morgan fingerprint density at radius 1 is 1.12 bits per heavy atom. The van der Waals surface area contributed by atoms with Gasteiger partial charge in [0.15, 0.2) is 5.16 Å². The third-order valence-electron chi connectivity index (χ3n) is 3.66. The SMILES string of the molecule is CC(C)Cn1c(SCc2cc(F)cc(F)c2)nc2ccccc2c1=O. The van der Waals surface area contributed by atoms with E-state index in [2.05, 4.69) is 4.98 Å². The van der Waals surface area contributed by atoms with E-state index in [1.807, 2.05) is 26.0 Å². The first-order chi connectivity index (χ1) is 11.9. The van der Waals surface area contributed by atoms with Gasteiger partial charge >= 0.3 is 0 Å². The van der Waals surface area contributed by atoms with Crippen molar-refractivity contribution in [3.63, 3.8) is 0 Å². The first-order valence-corrected chi connectivity index (χ1v) is 9.00. The van der Waals surface area contributed by atoms with Crippen LogP contribution < -0.4 is 5.56 Å². The van der Waals surface area contributed by atoms with Crippen LogP contribution in [0, 0.1) is 17.6 Å². The number of nitrogens with zero attached hydrogens (tertiary/aromatic N) is 2. The summed E-state index contributed by atoms with van der Waals surface area (Å²) < 4.78 is 28.4. The first-order valence-electron chi connectivity index (χ1n) is 8.01. The minimum atomic E-state index is -0.610. The fourth-order valence-corrected chi connectivity index (χ4v) is 3.56. The second-order valence-corrected chi connectivity index (χ2v) is 7.23. The van der Waals surface area contributed by atoms with Crippen molar-refractivity contribution in [2.75, 3.05) is 0 Å². The highest BCUT2D eigenvalue weighted by molar-refractivity contribution is 7.98. The van der Waals surface area contributed by atoms with Crippen LogP contribution in [0.3, 0.4) is 0 Å². The molecular formula is C19H18F2N2OS. The van der Waals surface area contributed by atoms with E-state index < -0.39 is 11.6 Å². The molecule has 0 aliphatic heterocycles. The molecule has 3 rings (SSSR count). The van der Waals surface area contributed by atoms with E-state index in [0.717, 1.165) is 6.07 Å². The quantitative estimate of drug-likeness (QED) is 0.492. The summed E-state index contributed by atoms with van der Waals surface area (Å²) >= 11 is 1.31. The number of aromatic nitrogens is 2. The Kier molecular flexibility index (Phi) is 5.18. The zero-order chi connectivity index (χ0) is 18.0. The average Bonchev–Trinajstić information content (AvgIpc) is 2.55. The second kappa shape index (κ2) is 7.35. The summed E-state index contributed by atoms with van der Waals surface area (Å²) in [5, 5.41) is 1.13. The molecule has 0 radical (unpaired) electrons. The molecule has 3 aromatic rings. The van der Waals surface area contributed by atoms with E-state index in [4.69, 9.17) is 0 Å². The van der Waals surface area contributed by atoms with Crippen LogP contribution in [-0.2, 0) is 12.3 Å². The van der Waals surface area contributed by atoms with Crippen molar-refractivity contribution >= 4 is 22.7 Å². The summed E-state index contributed by atoms with van der Waals surface area (Å²) in [6.07, 6.45) is 0. The van der Waals surface area contributed by atoms with Crippen molar-refractivity contribution in [1.29, 1.82) is 0 Å². The van der Waals surface area contributed by atoms with Gasteiger partial charge in [-0.3, -0.25) is 9.36 Å². The van der Waals surface area contributed by atoms with Gasteiger partial charge in [0.05, 0.1) is 10.9 Å². The Labute approximate surface area is 148 Å². The molecule has 1 aromatic heterocycles. The Balaban J connectivity index is 2.00. The fraction of sp³-hybridized carbons (Fsp3) is 0.263. The second-order valence-electron chi connectivity index (χ2n) is 6.29. The predicted octanol–water partition coefficient (Wildman–Crippen LogP) is 4.62. The monoisotopic (exact) mass is 360 g/mol. The molecule has 0 unspecified atom stereocenters. The molecule has 0 aliphatic rings. The molecule has 130 valence electrons. The highest BCUT2D eigenvalue weighted by atomic mass is 32.2. The normalized spacial score (nSPS) is 11.4. The molecular weight excluding hydrogens is 342 g/mol. The van der Waals surface area contributed by atoms with Gasteiger partial charge in [-0.2, -0.15) is 0 Å². The molecule has 0 saturated carbocycles. The molecule has 0 bridgehead atoms. The molecule has 0 aliphatic carbocycles. The number of hydrogen-bond donors (Lipinski definition) is 0. The van der Waals surface area contributed by atoms with Gasteiger partial charge in [-0.25, -0.2) is 13.8 Å². The third kappa shape index (κ3) is 4.07. The maximum Gasteiger partial charge on any atom is 0.262 e. The standard InChI is InChI=1S/C19H18F2N2OS/c1-12(2)10-23-18(24)16-5-3-4-6-17(16)22-19(23)25-11-13-7-14(20)9-15(21)8-13/h3-9,12H,10-11H2,1-2H3. The van der Waals surface area contributed by atoms with Gasteiger partial charge in [-0.05, 0) is 35.7 Å². The molecule has 2 aromatic carbocycles. The van der Waals surface area contributed by atoms with Crippen LogP contribution in [-0.4, -0.2) is 9.55 Å². The Morgan fingerprint density at radius 2 is 1.80 bits per heavy atom. The molecule has 25 heavy (non-hydrogen) atoms. The van der Waals surface area contributed by atoms with E-state index in [9.17, 15) is 13.6 Å². The Hall–Kier alpha value is -2.21. The van der Waals surface area contributed by atoms with Crippen molar-refractivity contribution in [3.8, 4) is 0 Å². The molecule has 1 heterocycles. The van der Waals surface area contributed by atoms with Crippen molar-refractivity contribution in [1.82, 2.24) is 9.55 Å². The van der Waals surface area contributed by atoms with E-state index >= 15 is 0 Å². The minimum Gasteiger partial charge on any atom is -0.287 e. The fourth-order valence-electron chi connectivity index (χ4n) is 2.63. The lowest BCUT2D eigenvalue weighted by molar-refractivity contribution is 0.475. The molecule has 0 fully saturated rings. The van der Waals surface area contributed by atoms with Gasteiger partial charge in [-0.1, -0.05) is 37.7 Å². The van der Waals surface area contributed by atoms with E-state index in [0.29, 0.717) is 33.9 Å². The lowest BCUT2D eigenvalue weighted by atomic mass is 10.2. The molecule has 0 spiro atoms. The minimum absolute atomic E-state index is 0.0905. The molecule has 6 heteroatoms. The maximum absolute atomic E-state index is 13.4. The van der Waals surface area contributed by atoms with Gasteiger partial charge in [-0.15, -0.1) is 0 Å². The summed E-state index contributed by atoms with van der Waals surface area (Å²) in [4.78, 5) is 17.4. The average molecular weight is 360 g/mol. The van der Waals surface area contributed by atoms with Crippen molar-refractivity contribution in [3.05, 3.63) is 70.0 Å². The molecule has 0 N–H and O–H groups in total. The van der Waals surface area contributed by atoms with Crippen LogP contribution in [0.15, 0.2) is 52.4 Å². The number of thioether (sulfide) groups is 1. The van der Waals surface area contributed by atoms with Gasteiger partial charge < -0.3 is 0 Å². The summed E-state index contributed by atoms with van der Waals surface area (Å²) in [7, 11) is 0. The molecule has 0 amide bonds. The van der Waals surface area contributed by atoms with Gasteiger partial charge in [0.1, 0.15) is 11.6 Å². The number of halogens is 2. The summed E-state index contributed by atoms with van der Waals surface area (Å²) in [6.45, 7) is 4.59. The summed E-state index contributed by atoms with van der Waals surface area (Å²) in [6, 6.07) is 10.6. The van der Waals surface area contributed by atoms with Crippen LogP contribution in [0.1, 0.15) is 19.4 Å². The number of fused-ring (bicyclic) bond motifs is 1. The third-order valence-corrected chi connectivity index (χ3v) is 4.71. The van der Waals surface area contributed by atoms with E-state index in [-0.39, 0.29) is 11.5 Å². The van der Waals surface area contributed by atoms with E-state index in [1.165, 1.54) is 23.9 Å². The first kappa shape index (κ1) is 17.6. The predicted molar refractivity (Wildman–Crippen MR) is 96.8 cm³/mol.